The third-order valence-corrected chi connectivity index (χ3v) is 3.86. The van der Waals surface area contributed by atoms with E-state index in [1.807, 2.05) is 6.92 Å². The van der Waals surface area contributed by atoms with Crippen molar-refractivity contribution in [3.8, 4) is 0 Å². The van der Waals surface area contributed by atoms with Gasteiger partial charge >= 0.3 is 0 Å². The van der Waals surface area contributed by atoms with E-state index in [0.29, 0.717) is 11.3 Å². The Bertz CT molecular complexity index is 170. The molecular formula is C12H24O. The van der Waals surface area contributed by atoms with E-state index in [1.165, 1.54) is 19.3 Å². The summed E-state index contributed by atoms with van der Waals surface area (Å²) in [6.07, 6.45) is 5.87. The first kappa shape index (κ1) is 11.0. The molecule has 0 aromatic heterocycles. The largest absolute Gasteiger partial charge is 0.390 e. The van der Waals surface area contributed by atoms with Gasteiger partial charge in [0, 0.05) is 0 Å². The molecule has 1 saturated carbocycles. The second-order valence-corrected chi connectivity index (χ2v) is 5.81. The van der Waals surface area contributed by atoms with E-state index < -0.39 is 5.60 Å². The van der Waals surface area contributed by atoms with E-state index in [4.69, 9.17) is 0 Å². The third-order valence-electron chi connectivity index (χ3n) is 3.86. The minimum absolute atomic E-state index is 0.433. The number of hydrogen-bond acceptors (Lipinski definition) is 1. The van der Waals surface area contributed by atoms with Gasteiger partial charge in [-0.2, -0.15) is 0 Å². The number of hydrogen-bond donors (Lipinski definition) is 1. The first-order chi connectivity index (χ1) is 5.83. The van der Waals surface area contributed by atoms with E-state index in [9.17, 15) is 5.11 Å². The Balaban J connectivity index is 2.62. The predicted octanol–water partition coefficient (Wildman–Crippen LogP) is 3.36. The van der Waals surface area contributed by atoms with Crippen LogP contribution in [0.1, 0.15) is 59.8 Å². The van der Waals surface area contributed by atoms with Gasteiger partial charge in [-0.05, 0) is 43.9 Å². The average Bonchev–Trinajstić information content (AvgIpc) is 2.00. The molecule has 0 amide bonds. The summed E-state index contributed by atoms with van der Waals surface area (Å²) < 4.78 is 0. The fourth-order valence-electron chi connectivity index (χ4n) is 2.16. The molecule has 2 unspecified atom stereocenters. The molecule has 0 saturated heterocycles. The summed E-state index contributed by atoms with van der Waals surface area (Å²) in [5, 5.41) is 10.2. The molecule has 1 aliphatic carbocycles. The fourth-order valence-corrected chi connectivity index (χ4v) is 2.16. The predicted molar refractivity (Wildman–Crippen MR) is 56.7 cm³/mol. The van der Waals surface area contributed by atoms with Crippen molar-refractivity contribution in [2.45, 2.75) is 65.4 Å². The van der Waals surface area contributed by atoms with Crippen LogP contribution in [0.25, 0.3) is 0 Å². The summed E-state index contributed by atoms with van der Waals surface area (Å²) in [7, 11) is 0. The lowest BCUT2D eigenvalue weighted by atomic mass is 9.72. The molecule has 1 rings (SSSR count). The van der Waals surface area contributed by atoms with Crippen LogP contribution in [0.2, 0.25) is 0 Å². The van der Waals surface area contributed by atoms with Crippen molar-refractivity contribution < 1.29 is 5.11 Å². The highest BCUT2D eigenvalue weighted by atomic mass is 16.3. The zero-order valence-corrected chi connectivity index (χ0v) is 9.56. The number of rotatable bonds is 0. The minimum atomic E-state index is -0.433. The maximum absolute atomic E-state index is 10.2. The molecule has 0 aromatic carbocycles. The van der Waals surface area contributed by atoms with Crippen LogP contribution in [0.3, 0.4) is 0 Å². The van der Waals surface area contributed by atoms with E-state index in [-0.39, 0.29) is 0 Å². The van der Waals surface area contributed by atoms with Gasteiger partial charge < -0.3 is 5.11 Å². The lowest BCUT2D eigenvalue weighted by molar-refractivity contribution is -0.0249. The van der Waals surface area contributed by atoms with Gasteiger partial charge in [-0.15, -0.1) is 0 Å². The Kier molecular flexibility index (Phi) is 3.06. The van der Waals surface area contributed by atoms with Crippen molar-refractivity contribution in [2.24, 2.45) is 11.3 Å². The van der Waals surface area contributed by atoms with Crippen LogP contribution in [0, 0.1) is 11.3 Å². The highest BCUT2D eigenvalue weighted by Crippen LogP contribution is 2.38. The molecule has 0 radical (unpaired) electrons. The van der Waals surface area contributed by atoms with E-state index in [1.54, 1.807) is 0 Å². The molecule has 0 aliphatic heterocycles. The second kappa shape index (κ2) is 3.61. The molecule has 0 bridgehead atoms. The van der Waals surface area contributed by atoms with Gasteiger partial charge in [0.2, 0.25) is 0 Å². The summed E-state index contributed by atoms with van der Waals surface area (Å²) in [4.78, 5) is 0. The number of aliphatic hydroxyl groups is 1. The van der Waals surface area contributed by atoms with Crippen molar-refractivity contribution in [3.63, 3.8) is 0 Å². The summed E-state index contributed by atoms with van der Waals surface area (Å²) >= 11 is 0. The van der Waals surface area contributed by atoms with Gasteiger partial charge in [0.1, 0.15) is 0 Å². The van der Waals surface area contributed by atoms with Gasteiger partial charge in [0.15, 0.2) is 0 Å². The summed E-state index contributed by atoms with van der Waals surface area (Å²) in [6.45, 7) is 8.82. The van der Waals surface area contributed by atoms with Crippen molar-refractivity contribution in [3.05, 3.63) is 0 Å². The van der Waals surface area contributed by atoms with E-state index in [2.05, 4.69) is 20.8 Å². The Morgan fingerprint density at radius 3 is 2.31 bits per heavy atom. The smallest absolute Gasteiger partial charge is 0.0645 e. The van der Waals surface area contributed by atoms with E-state index >= 15 is 0 Å². The van der Waals surface area contributed by atoms with Crippen LogP contribution in [-0.2, 0) is 0 Å². The molecule has 1 nitrogen and oxygen atoms in total. The zero-order valence-electron chi connectivity index (χ0n) is 9.56. The van der Waals surface area contributed by atoms with Gasteiger partial charge in [-0.25, -0.2) is 0 Å². The van der Waals surface area contributed by atoms with E-state index in [0.717, 1.165) is 12.8 Å². The van der Waals surface area contributed by atoms with Crippen molar-refractivity contribution in [2.75, 3.05) is 0 Å². The van der Waals surface area contributed by atoms with Crippen LogP contribution >= 0.6 is 0 Å². The van der Waals surface area contributed by atoms with Crippen molar-refractivity contribution in [1.82, 2.24) is 0 Å². The first-order valence-electron chi connectivity index (χ1n) is 5.56. The lowest BCUT2D eigenvalue weighted by Gasteiger charge is -2.37. The SMILES string of the molecule is CC1CCCC(C)(C)CCC1(C)O. The van der Waals surface area contributed by atoms with Crippen LogP contribution in [0.15, 0.2) is 0 Å². The normalized spacial score (nSPS) is 40.8. The van der Waals surface area contributed by atoms with Crippen LogP contribution in [0.5, 0.6) is 0 Å². The standard InChI is InChI=1S/C12H24O/c1-10-6-5-7-11(2,3)8-9-12(10,4)13/h10,13H,5-9H2,1-4H3. The Labute approximate surface area is 82.5 Å². The molecule has 1 N–H and O–H groups in total. The van der Waals surface area contributed by atoms with Crippen molar-refractivity contribution in [1.29, 1.82) is 0 Å². The molecular weight excluding hydrogens is 160 g/mol. The topological polar surface area (TPSA) is 20.2 Å². The van der Waals surface area contributed by atoms with Crippen LogP contribution < -0.4 is 0 Å². The zero-order chi connectivity index (χ0) is 10.1. The summed E-state index contributed by atoms with van der Waals surface area (Å²) in [6, 6.07) is 0. The quantitative estimate of drug-likeness (QED) is 0.612. The molecule has 2 atom stereocenters. The Hall–Kier alpha value is -0.0400. The van der Waals surface area contributed by atoms with Crippen LogP contribution in [0.4, 0.5) is 0 Å². The molecule has 0 aromatic rings. The maximum atomic E-state index is 10.2. The third kappa shape index (κ3) is 2.98. The molecule has 1 aliphatic rings. The monoisotopic (exact) mass is 184 g/mol. The van der Waals surface area contributed by atoms with Gasteiger partial charge in [-0.3, -0.25) is 0 Å². The van der Waals surface area contributed by atoms with Gasteiger partial charge in [0.05, 0.1) is 5.60 Å². The first-order valence-corrected chi connectivity index (χ1v) is 5.56. The second-order valence-electron chi connectivity index (χ2n) is 5.81. The minimum Gasteiger partial charge on any atom is -0.390 e. The summed E-state index contributed by atoms with van der Waals surface area (Å²) in [5.74, 6) is 0.462. The molecule has 1 fully saturated rings. The molecule has 1 heteroatoms. The molecule has 78 valence electrons. The average molecular weight is 184 g/mol. The molecule has 0 heterocycles. The molecule has 0 spiro atoms. The summed E-state index contributed by atoms with van der Waals surface area (Å²) in [5.41, 5.74) is 0.00181. The van der Waals surface area contributed by atoms with Crippen LogP contribution in [-0.4, -0.2) is 10.7 Å². The highest BCUT2D eigenvalue weighted by molar-refractivity contribution is 4.85. The highest BCUT2D eigenvalue weighted by Gasteiger charge is 2.33. The van der Waals surface area contributed by atoms with Gasteiger partial charge in [-0.1, -0.05) is 27.2 Å². The fraction of sp³-hybridized carbons (Fsp3) is 1.00. The maximum Gasteiger partial charge on any atom is 0.0645 e. The Morgan fingerprint density at radius 2 is 1.69 bits per heavy atom. The Morgan fingerprint density at radius 1 is 1.08 bits per heavy atom. The molecule has 13 heavy (non-hydrogen) atoms. The lowest BCUT2D eigenvalue weighted by Crippen LogP contribution is -2.36. The van der Waals surface area contributed by atoms with Gasteiger partial charge in [0.25, 0.3) is 0 Å². The van der Waals surface area contributed by atoms with Crippen molar-refractivity contribution >= 4 is 0 Å².